The summed E-state index contributed by atoms with van der Waals surface area (Å²) in [6.45, 7) is 4.56. The number of hydrogen-bond donors (Lipinski definition) is 1. The van der Waals surface area contributed by atoms with E-state index in [4.69, 9.17) is 16.3 Å². The molecule has 0 radical (unpaired) electrons. The lowest BCUT2D eigenvalue weighted by Crippen LogP contribution is -2.15. The molecular formula is C20H20ClN5O4S. The Balaban J connectivity index is 1.60. The fourth-order valence-corrected chi connectivity index (χ4v) is 3.65. The Morgan fingerprint density at radius 3 is 2.68 bits per heavy atom. The molecule has 0 aliphatic carbocycles. The first-order chi connectivity index (χ1) is 14.9. The van der Waals surface area contributed by atoms with Crippen LogP contribution in [0, 0.1) is 17.0 Å². The van der Waals surface area contributed by atoms with Crippen molar-refractivity contribution in [1.29, 1.82) is 0 Å². The highest BCUT2D eigenvalue weighted by Crippen LogP contribution is 2.23. The van der Waals surface area contributed by atoms with E-state index in [0.717, 1.165) is 5.56 Å². The van der Waals surface area contributed by atoms with Crippen molar-refractivity contribution in [2.45, 2.75) is 32.2 Å². The monoisotopic (exact) mass is 461 g/mol. The van der Waals surface area contributed by atoms with Crippen molar-refractivity contribution in [1.82, 2.24) is 14.8 Å². The lowest BCUT2D eigenvalue weighted by Gasteiger charge is -2.10. The molecule has 0 fully saturated rings. The van der Waals surface area contributed by atoms with Crippen LogP contribution in [-0.2, 0) is 17.9 Å². The van der Waals surface area contributed by atoms with E-state index < -0.39 is 4.92 Å². The standard InChI is InChI=1S/C20H20ClN5O4S/c1-3-25-18(11-30-16-8-5-14(21)6-9-16)23-24-20(25)31-12-19(27)22-17-10-15(26(28)29)7-4-13(17)2/h4-10H,3,11-12H2,1-2H3,(H,22,27). The number of amides is 1. The number of nitro groups is 1. The Morgan fingerprint density at radius 1 is 1.26 bits per heavy atom. The third-order valence-corrected chi connectivity index (χ3v) is 5.55. The first-order valence-electron chi connectivity index (χ1n) is 9.35. The Hall–Kier alpha value is -3.11. The molecule has 9 nitrogen and oxygen atoms in total. The molecule has 31 heavy (non-hydrogen) atoms. The van der Waals surface area contributed by atoms with Crippen LogP contribution in [0.1, 0.15) is 18.3 Å². The average molecular weight is 462 g/mol. The van der Waals surface area contributed by atoms with Gasteiger partial charge in [-0.05, 0) is 43.7 Å². The van der Waals surface area contributed by atoms with Gasteiger partial charge in [0.1, 0.15) is 12.4 Å². The highest BCUT2D eigenvalue weighted by atomic mass is 35.5. The lowest BCUT2D eigenvalue weighted by molar-refractivity contribution is -0.384. The summed E-state index contributed by atoms with van der Waals surface area (Å²) in [5.74, 6) is 1.09. The molecule has 0 unspecified atom stereocenters. The van der Waals surface area contributed by atoms with Crippen molar-refractivity contribution >= 4 is 40.6 Å². The van der Waals surface area contributed by atoms with Crippen LogP contribution in [0.15, 0.2) is 47.6 Å². The molecule has 0 saturated carbocycles. The van der Waals surface area contributed by atoms with Crippen LogP contribution < -0.4 is 10.1 Å². The normalized spacial score (nSPS) is 10.7. The van der Waals surface area contributed by atoms with E-state index >= 15 is 0 Å². The topological polar surface area (TPSA) is 112 Å². The van der Waals surface area contributed by atoms with Gasteiger partial charge in [-0.15, -0.1) is 10.2 Å². The van der Waals surface area contributed by atoms with Crippen LogP contribution in [0.2, 0.25) is 5.02 Å². The Morgan fingerprint density at radius 2 is 2.00 bits per heavy atom. The minimum atomic E-state index is -0.499. The number of aromatic nitrogens is 3. The Bertz CT molecular complexity index is 1090. The smallest absolute Gasteiger partial charge is 0.271 e. The van der Waals surface area contributed by atoms with E-state index in [9.17, 15) is 14.9 Å². The number of aryl methyl sites for hydroxylation is 1. The minimum absolute atomic E-state index is 0.0791. The molecule has 0 aliphatic heterocycles. The number of nitrogens with one attached hydrogen (secondary N) is 1. The number of thioether (sulfide) groups is 1. The van der Waals surface area contributed by atoms with E-state index in [0.29, 0.717) is 34.0 Å². The third kappa shape index (κ3) is 5.96. The van der Waals surface area contributed by atoms with Crippen LogP contribution in [0.5, 0.6) is 5.75 Å². The third-order valence-electron chi connectivity index (χ3n) is 4.33. The molecule has 0 atom stereocenters. The van der Waals surface area contributed by atoms with Gasteiger partial charge < -0.3 is 14.6 Å². The molecule has 162 valence electrons. The van der Waals surface area contributed by atoms with Crippen LogP contribution in [0.3, 0.4) is 0 Å². The molecule has 3 aromatic rings. The van der Waals surface area contributed by atoms with Crippen molar-refractivity contribution in [2.75, 3.05) is 11.1 Å². The molecule has 11 heteroatoms. The van der Waals surface area contributed by atoms with Gasteiger partial charge in [-0.25, -0.2) is 0 Å². The molecule has 3 rings (SSSR count). The number of carbonyl (C=O) groups is 1. The summed E-state index contributed by atoms with van der Waals surface area (Å²) in [6.07, 6.45) is 0. The van der Waals surface area contributed by atoms with Gasteiger partial charge in [0, 0.05) is 23.7 Å². The quantitative estimate of drug-likeness (QED) is 0.284. The van der Waals surface area contributed by atoms with E-state index in [1.54, 1.807) is 37.3 Å². The summed E-state index contributed by atoms with van der Waals surface area (Å²) >= 11 is 7.10. The van der Waals surface area contributed by atoms with Gasteiger partial charge in [-0.1, -0.05) is 29.4 Å². The van der Waals surface area contributed by atoms with Crippen molar-refractivity contribution in [3.05, 3.63) is 69.0 Å². The van der Waals surface area contributed by atoms with Crippen LogP contribution in [-0.4, -0.2) is 31.3 Å². The first-order valence-corrected chi connectivity index (χ1v) is 10.7. The molecule has 0 spiro atoms. The molecule has 1 N–H and O–H groups in total. The molecule has 0 saturated heterocycles. The van der Waals surface area contributed by atoms with E-state index in [-0.39, 0.29) is 24.0 Å². The maximum Gasteiger partial charge on any atom is 0.271 e. The van der Waals surface area contributed by atoms with Crippen molar-refractivity contribution < 1.29 is 14.5 Å². The van der Waals surface area contributed by atoms with Gasteiger partial charge in [-0.2, -0.15) is 0 Å². The summed E-state index contributed by atoms with van der Waals surface area (Å²) in [4.78, 5) is 22.8. The van der Waals surface area contributed by atoms with E-state index in [2.05, 4.69) is 15.5 Å². The molecule has 0 bridgehead atoms. The highest BCUT2D eigenvalue weighted by Gasteiger charge is 2.15. The van der Waals surface area contributed by atoms with Crippen LogP contribution >= 0.6 is 23.4 Å². The second-order valence-electron chi connectivity index (χ2n) is 6.48. The van der Waals surface area contributed by atoms with Gasteiger partial charge in [0.25, 0.3) is 5.69 Å². The summed E-state index contributed by atoms with van der Waals surface area (Å²) in [5.41, 5.74) is 1.07. The lowest BCUT2D eigenvalue weighted by atomic mass is 10.2. The maximum absolute atomic E-state index is 12.4. The van der Waals surface area contributed by atoms with E-state index in [1.807, 2.05) is 11.5 Å². The van der Waals surface area contributed by atoms with E-state index in [1.165, 1.54) is 23.9 Å². The van der Waals surface area contributed by atoms with Gasteiger partial charge in [-0.3, -0.25) is 14.9 Å². The first kappa shape index (κ1) is 22.6. The number of nitro benzene ring substituents is 1. The number of benzene rings is 2. The molecule has 0 aliphatic rings. The predicted molar refractivity (Wildman–Crippen MR) is 119 cm³/mol. The molecule has 1 aromatic heterocycles. The number of non-ortho nitro benzene ring substituents is 1. The maximum atomic E-state index is 12.4. The Kier molecular flexibility index (Phi) is 7.48. The number of hydrogen-bond acceptors (Lipinski definition) is 7. The second-order valence-corrected chi connectivity index (χ2v) is 7.86. The zero-order chi connectivity index (χ0) is 22.4. The molecular weight excluding hydrogens is 442 g/mol. The fourth-order valence-electron chi connectivity index (χ4n) is 2.70. The van der Waals surface area contributed by atoms with Crippen molar-refractivity contribution in [3.63, 3.8) is 0 Å². The second kappa shape index (κ2) is 10.3. The van der Waals surface area contributed by atoms with Crippen molar-refractivity contribution in [2.24, 2.45) is 0 Å². The predicted octanol–water partition coefficient (Wildman–Crippen LogP) is 4.48. The van der Waals surface area contributed by atoms with Gasteiger partial charge in [0.15, 0.2) is 11.0 Å². The zero-order valence-electron chi connectivity index (χ0n) is 16.9. The average Bonchev–Trinajstić information content (AvgIpc) is 3.15. The fraction of sp³-hybridized carbons (Fsp3) is 0.250. The van der Waals surface area contributed by atoms with Crippen LogP contribution in [0.25, 0.3) is 0 Å². The Labute approximate surface area is 187 Å². The van der Waals surface area contributed by atoms with Gasteiger partial charge >= 0.3 is 0 Å². The molecule has 1 amide bonds. The number of carbonyl (C=O) groups excluding carboxylic acids is 1. The zero-order valence-corrected chi connectivity index (χ0v) is 18.4. The number of nitrogens with zero attached hydrogens (tertiary/aromatic N) is 4. The van der Waals surface area contributed by atoms with Gasteiger partial charge in [0.2, 0.25) is 5.91 Å². The molecule has 2 aromatic carbocycles. The number of anilines is 1. The number of rotatable bonds is 9. The summed E-state index contributed by atoms with van der Waals surface area (Å²) in [6, 6.07) is 11.4. The van der Waals surface area contributed by atoms with Crippen molar-refractivity contribution in [3.8, 4) is 5.75 Å². The highest BCUT2D eigenvalue weighted by molar-refractivity contribution is 7.99. The summed E-state index contributed by atoms with van der Waals surface area (Å²) < 4.78 is 7.59. The SMILES string of the molecule is CCn1c(COc2ccc(Cl)cc2)nnc1SCC(=O)Nc1cc([N+](=O)[O-])ccc1C. The number of halogens is 1. The summed E-state index contributed by atoms with van der Waals surface area (Å²) in [7, 11) is 0. The van der Waals surface area contributed by atoms with Gasteiger partial charge in [0.05, 0.1) is 16.4 Å². The summed E-state index contributed by atoms with van der Waals surface area (Å²) in [5, 5.41) is 23.2. The van der Waals surface area contributed by atoms with Crippen LogP contribution in [0.4, 0.5) is 11.4 Å². The molecule has 1 heterocycles. The minimum Gasteiger partial charge on any atom is -0.486 e. The number of ether oxygens (including phenoxy) is 1. The largest absolute Gasteiger partial charge is 0.486 e.